The second-order valence-corrected chi connectivity index (χ2v) is 7.72. The van der Waals surface area contributed by atoms with Crippen LogP contribution < -0.4 is 4.74 Å². The van der Waals surface area contributed by atoms with Gasteiger partial charge in [0.1, 0.15) is 17.3 Å². The van der Waals surface area contributed by atoms with Gasteiger partial charge < -0.3 is 14.3 Å². The molecule has 1 atom stereocenters. The number of alkyl halides is 3. The number of benzene rings is 2. The predicted molar refractivity (Wildman–Crippen MR) is 115 cm³/mol. The maximum Gasteiger partial charge on any atom is 0.416 e. The summed E-state index contributed by atoms with van der Waals surface area (Å²) in [5.74, 6) is 0.816. The number of carboxylic acid groups (broad SMARTS) is 1. The van der Waals surface area contributed by atoms with Crippen LogP contribution in [0.25, 0.3) is 11.3 Å². The largest absolute Gasteiger partial charge is 0.479 e. The second kappa shape index (κ2) is 9.51. The first-order valence-corrected chi connectivity index (χ1v) is 10.3. The maximum absolute atomic E-state index is 12.8. The monoisotopic (exact) mass is 446 g/mol. The number of aliphatic carboxylic acids is 1. The van der Waals surface area contributed by atoms with E-state index in [4.69, 9.17) is 14.3 Å². The summed E-state index contributed by atoms with van der Waals surface area (Å²) in [6.07, 6.45) is -3.45. The van der Waals surface area contributed by atoms with Gasteiger partial charge in [-0.25, -0.2) is 4.79 Å². The van der Waals surface area contributed by atoms with Crippen molar-refractivity contribution in [1.82, 2.24) is 0 Å². The van der Waals surface area contributed by atoms with Crippen molar-refractivity contribution >= 4 is 5.97 Å². The first-order valence-electron chi connectivity index (χ1n) is 10.3. The Morgan fingerprint density at radius 1 is 1.06 bits per heavy atom. The van der Waals surface area contributed by atoms with Gasteiger partial charge in [0.25, 0.3) is 0 Å². The Labute approximate surface area is 184 Å². The lowest BCUT2D eigenvalue weighted by Gasteiger charge is -2.15. The molecule has 7 heteroatoms. The van der Waals surface area contributed by atoms with Crippen molar-refractivity contribution in [2.75, 3.05) is 0 Å². The minimum absolute atomic E-state index is 0.373. The molecule has 1 unspecified atom stereocenters. The highest BCUT2D eigenvalue weighted by atomic mass is 19.4. The number of ether oxygens (including phenoxy) is 1. The van der Waals surface area contributed by atoms with Crippen molar-refractivity contribution in [1.29, 1.82) is 0 Å². The Balaban J connectivity index is 1.68. The van der Waals surface area contributed by atoms with E-state index in [0.29, 0.717) is 29.9 Å². The summed E-state index contributed by atoms with van der Waals surface area (Å²) in [5.41, 5.74) is 2.80. The van der Waals surface area contributed by atoms with Gasteiger partial charge in [-0.3, -0.25) is 0 Å². The Hall–Kier alpha value is -3.22. The quantitative estimate of drug-likeness (QED) is 0.423. The maximum atomic E-state index is 12.8. The van der Waals surface area contributed by atoms with Gasteiger partial charge in [-0.15, -0.1) is 0 Å². The molecule has 0 saturated heterocycles. The molecule has 3 aromatic rings. The van der Waals surface area contributed by atoms with Gasteiger partial charge in [0, 0.05) is 5.56 Å². The van der Waals surface area contributed by atoms with Crippen molar-refractivity contribution in [2.45, 2.75) is 52.3 Å². The SMILES string of the molecule is CCC(Oc1ccc(CCc2cc(-c3ccc(C(F)(F)F)cc3)oc2C)cc1C)C(=O)O. The lowest BCUT2D eigenvalue weighted by atomic mass is 10.0. The average Bonchev–Trinajstić information content (AvgIpc) is 3.11. The predicted octanol–water partition coefficient (Wildman–Crippen LogP) is 6.61. The number of carboxylic acids is 1. The molecule has 0 aliphatic carbocycles. The summed E-state index contributed by atoms with van der Waals surface area (Å²) >= 11 is 0. The zero-order valence-electron chi connectivity index (χ0n) is 18.1. The molecular weight excluding hydrogens is 421 g/mol. The molecule has 0 radical (unpaired) electrons. The molecule has 1 heterocycles. The topological polar surface area (TPSA) is 59.7 Å². The summed E-state index contributed by atoms with van der Waals surface area (Å²) in [5, 5.41) is 9.17. The molecule has 0 aliphatic heterocycles. The van der Waals surface area contributed by atoms with E-state index in [9.17, 15) is 18.0 Å². The number of carbonyl (C=O) groups is 1. The molecule has 1 N–H and O–H groups in total. The van der Waals surface area contributed by atoms with E-state index < -0.39 is 23.8 Å². The molecule has 3 rings (SSSR count). The first-order chi connectivity index (χ1) is 15.1. The summed E-state index contributed by atoms with van der Waals surface area (Å²) in [6, 6.07) is 12.4. The zero-order valence-corrected chi connectivity index (χ0v) is 18.1. The average molecular weight is 446 g/mol. The van der Waals surface area contributed by atoms with E-state index in [2.05, 4.69) is 0 Å². The fourth-order valence-corrected chi connectivity index (χ4v) is 3.47. The van der Waals surface area contributed by atoms with Gasteiger partial charge in [-0.1, -0.05) is 31.2 Å². The number of hydrogen-bond acceptors (Lipinski definition) is 3. The van der Waals surface area contributed by atoms with Gasteiger partial charge in [0.05, 0.1) is 5.56 Å². The number of halogens is 3. The summed E-state index contributed by atoms with van der Waals surface area (Å²) in [6.45, 7) is 5.47. The van der Waals surface area contributed by atoms with Gasteiger partial charge in [-0.05, 0) is 74.1 Å². The molecule has 1 aromatic heterocycles. The van der Waals surface area contributed by atoms with E-state index in [1.54, 1.807) is 13.0 Å². The van der Waals surface area contributed by atoms with Gasteiger partial charge in [-0.2, -0.15) is 13.2 Å². The lowest BCUT2D eigenvalue weighted by molar-refractivity contribution is -0.145. The molecule has 4 nitrogen and oxygen atoms in total. The molecule has 0 aliphatic rings. The fourth-order valence-electron chi connectivity index (χ4n) is 3.47. The second-order valence-electron chi connectivity index (χ2n) is 7.72. The molecule has 170 valence electrons. The molecule has 0 saturated carbocycles. The van der Waals surface area contributed by atoms with Crippen LogP contribution in [0.4, 0.5) is 13.2 Å². The van der Waals surface area contributed by atoms with Crippen LogP contribution >= 0.6 is 0 Å². The smallest absolute Gasteiger partial charge is 0.416 e. The highest BCUT2D eigenvalue weighted by molar-refractivity contribution is 5.72. The van der Waals surface area contributed by atoms with E-state index >= 15 is 0 Å². The van der Waals surface area contributed by atoms with Crippen LogP contribution in [0.2, 0.25) is 0 Å². The third kappa shape index (κ3) is 5.52. The van der Waals surface area contributed by atoms with E-state index in [0.717, 1.165) is 41.0 Å². The molecule has 32 heavy (non-hydrogen) atoms. The summed E-state index contributed by atoms with van der Waals surface area (Å²) in [7, 11) is 0. The van der Waals surface area contributed by atoms with Crippen LogP contribution in [-0.4, -0.2) is 17.2 Å². The Morgan fingerprint density at radius 2 is 1.75 bits per heavy atom. The van der Waals surface area contributed by atoms with Crippen molar-refractivity contribution in [3.8, 4) is 17.1 Å². The van der Waals surface area contributed by atoms with Crippen LogP contribution in [0.3, 0.4) is 0 Å². The zero-order chi connectivity index (χ0) is 23.5. The highest BCUT2D eigenvalue weighted by Crippen LogP contribution is 2.32. The molecule has 0 bridgehead atoms. The number of rotatable bonds is 8. The summed E-state index contributed by atoms with van der Waals surface area (Å²) < 4.78 is 49.7. The Morgan fingerprint density at radius 3 is 2.31 bits per heavy atom. The van der Waals surface area contributed by atoms with Crippen molar-refractivity contribution in [3.63, 3.8) is 0 Å². The molecule has 2 aromatic carbocycles. The number of aryl methyl sites for hydroxylation is 4. The van der Waals surface area contributed by atoms with Gasteiger partial charge in [0.2, 0.25) is 0 Å². The van der Waals surface area contributed by atoms with Gasteiger partial charge >= 0.3 is 12.1 Å². The van der Waals surface area contributed by atoms with Gasteiger partial charge in [0.15, 0.2) is 6.10 Å². The normalized spacial score (nSPS) is 12.6. The standard InChI is InChI=1S/C25H25F3O4/c1-4-21(24(29)30)32-22-12-6-17(13-15(22)2)5-7-19-14-23(31-16(19)3)18-8-10-20(11-9-18)25(26,27)28/h6,8-14,21H,4-5,7H2,1-3H3,(H,29,30). The van der Waals surface area contributed by atoms with Crippen LogP contribution in [-0.2, 0) is 23.8 Å². The van der Waals surface area contributed by atoms with Crippen molar-refractivity contribution in [2.24, 2.45) is 0 Å². The van der Waals surface area contributed by atoms with E-state index in [1.165, 1.54) is 12.1 Å². The van der Waals surface area contributed by atoms with Crippen LogP contribution in [0.15, 0.2) is 52.9 Å². The van der Waals surface area contributed by atoms with Crippen molar-refractivity contribution < 1.29 is 32.2 Å². The third-order valence-electron chi connectivity index (χ3n) is 5.36. The third-order valence-corrected chi connectivity index (χ3v) is 5.36. The first kappa shape index (κ1) is 23.4. The lowest BCUT2D eigenvalue weighted by Crippen LogP contribution is -2.26. The van der Waals surface area contributed by atoms with Crippen LogP contribution in [0.5, 0.6) is 5.75 Å². The molecule has 0 amide bonds. The molecule has 0 spiro atoms. The van der Waals surface area contributed by atoms with E-state index in [-0.39, 0.29) is 0 Å². The number of hydrogen-bond donors (Lipinski definition) is 1. The van der Waals surface area contributed by atoms with E-state index in [1.807, 2.05) is 32.0 Å². The summed E-state index contributed by atoms with van der Waals surface area (Å²) in [4.78, 5) is 11.2. The minimum atomic E-state index is -4.37. The van der Waals surface area contributed by atoms with Crippen molar-refractivity contribution in [3.05, 3.63) is 76.5 Å². The Bertz CT molecular complexity index is 1080. The molecule has 0 fully saturated rings. The Kier molecular flexibility index (Phi) is 6.96. The number of furan rings is 1. The fraction of sp³-hybridized carbons (Fsp3) is 0.320. The van der Waals surface area contributed by atoms with Crippen LogP contribution in [0, 0.1) is 13.8 Å². The van der Waals surface area contributed by atoms with Crippen LogP contribution in [0.1, 0.15) is 41.4 Å². The minimum Gasteiger partial charge on any atom is -0.479 e. The molecular formula is C25H25F3O4. The highest BCUT2D eigenvalue weighted by Gasteiger charge is 2.30.